The average molecular weight is 296 g/mol. The second-order valence-electron chi connectivity index (χ2n) is 6.83. The molecule has 0 radical (unpaired) electrons. The number of carbonyl (C=O) groups excluding carboxylic acids is 2. The smallest absolute Gasteiger partial charge is 0.408 e. The van der Waals surface area contributed by atoms with Crippen LogP contribution in [0.1, 0.15) is 41.0 Å². The fourth-order valence-electron chi connectivity index (χ4n) is 2.26. The van der Waals surface area contributed by atoms with Crippen molar-refractivity contribution in [3.05, 3.63) is 11.5 Å². The van der Waals surface area contributed by atoms with E-state index in [9.17, 15) is 9.59 Å². The van der Waals surface area contributed by atoms with E-state index in [4.69, 9.17) is 9.47 Å². The summed E-state index contributed by atoms with van der Waals surface area (Å²) >= 11 is 0. The molecular formula is C15H24N2O4. The second-order valence-corrected chi connectivity index (χ2v) is 6.83. The molecule has 2 amide bonds. The van der Waals surface area contributed by atoms with Crippen molar-refractivity contribution in [2.75, 3.05) is 13.1 Å². The van der Waals surface area contributed by atoms with Crippen molar-refractivity contribution in [1.29, 1.82) is 0 Å². The SMILES string of the molecule is CC(C)[C@H](NC(=O)OC(C)(C)C)C(=O)N1CCC2=C(C1)O2. The summed E-state index contributed by atoms with van der Waals surface area (Å²) in [7, 11) is 0. The van der Waals surface area contributed by atoms with Crippen LogP contribution in [0.2, 0.25) is 0 Å². The molecule has 0 unspecified atom stereocenters. The number of amides is 2. The number of rotatable bonds is 3. The van der Waals surface area contributed by atoms with E-state index in [1.807, 2.05) is 13.8 Å². The molecule has 1 N–H and O–H groups in total. The van der Waals surface area contributed by atoms with Gasteiger partial charge in [-0.1, -0.05) is 13.8 Å². The zero-order valence-electron chi connectivity index (χ0n) is 13.4. The number of hydrogen-bond donors (Lipinski definition) is 1. The Morgan fingerprint density at radius 2 is 1.95 bits per heavy atom. The number of hydrogen-bond acceptors (Lipinski definition) is 4. The van der Waals surface area contributed by atoms with E-state index in [0.717, 1.165) is 17.9 Å². The van der Waals surface area contributed by atoms with Crippen LogP contribution in [0.4, 0.5) is 4.79 Å². The minimum Gasteiger partial charge on any atom is -0.457 e. The van der Waals surface area contributed by atoms with Gasteiger partial charge >= 0.3 is 6.09 Å². The van der Waals surface area contributed by atoms with Crippen LogP contribution in [0, 0.1) is 5.92 Å². The zero-order valence-corrected chi connectivity index (χ0v) is 13.4. The molecule has 6 nitrogen and oxygen atoms in total. The lowest BCUT2D eigenvalue weighted by atomic mass is 10.0. The molecule has 0 saturated heterocycles. The summed E-state index contributed by atoms with van der Waals surface area (Å²) in [5.74, 6) is 1.81. The fraction of sp³-hybridized carbons (Fsp3) is 0.733. The molecule has 0 bridgehead atoms. The minimum absolute atomic E-state index is 0.0134. The second kappa shape index (κ2) is 5.58. The van der Waals surface area contributed by atoms with Gasteiger partial charge in [-0.25, -0.2) is 4.79 Å². The summed E-state index contributed by atoms with van der Waals surface area (Å²) in [6.45, 7) is 10.3. The van der Waals surface area contributed by atoms with Gasteiger partial charge in [0.05, 0.1) is 6.54 Å². The highest BCUT2D eigenvalue weighted by Gasteiger charge is 2.37. The average Bonchev–Trinajstić information content (AvgIpc) is 3.10. The van der Waals surface area contributed by atoms with E-state index in [1.165, 1.54) is 0 Å². The summed E-state index contributed by atoms with van der Waals surface area (Å²) in [6, 6.07) is -0.583. The van der Waals surface area contributed by atoms with E-state index in [-0.39, 0.29) is 11.8 Å². The summed E-state index contributed by atoms with van der Waals surface area (Å²) in [4.78, 5) is 26.2. The first-order valence-electron chi connectivity index (χ1n) is 7.35. The third kappa shape index (κ3) is 4.12. The summed E-state index contributed by atoms with van der Waals surface area (Å²) in [5.41, 5.74) is -0.582. The van der Waals surface area contributed by atoms with Gasteiger partial charge in [0.2, 0.25) is 5.91 Å². The van der Waals surface area contributed by atoms with Crippen LogP contribution >= 0.6 is 0 Å². The van der Waals surface area contributed by atoms with Crippen LogP contribution in [0.3, 0.4) is 0 Å². The highest BCUT2D eigenvalue weighted by atomic mass is 16.6. The molecule has 0 fully saturated rings. The van der Waals surface area contributed by atoms with E-state index < -0.39 is 17.7 Å². The summed E-state index contributed by atoms with van der Waals surface area (Å²) in [6.07, 6.45) is 0.201. The van der Waals surface area contributed by atoms with Gasteiger partial charge in [-0.05, 0) is 26.7 Å². The Labute approximate surface area is 125 Å². The molecule has 0 saturated carbocycles. The van der Waals surface area contributed by atoms with Crippen molar-refractivity contribution in [1.82, 2.24) is 10.2 Å². The van der Waals surface area contributed by atoms with Gasteiger partial charge in [-0.3, -0.25) is 4.79 Å². The number of alkyl carbamates (subject to hydrolysis) is 1. The molecule has 21 heavy (non-hydrogen) atoms. The standard InChI is InChI=1S/C15H24N2O4/c1-9(2)12(16-14(19)21-15(3,4)5)13(18)17-7-6-10-11(8-17)20-10/h9,12H,6-8H2,1-5H3,(H,16,19)/t12-/m0/s1. The molecular weight excluding hydrogens is 272 g/mol. The molecule has 0 aromatic heterocycles. The van der Waals surface area contributed by atoms with Crippen molar-refractivity contribution in [3.63, 3.8) is 0 Å². The monoisotopic (exact) mass is 296 g/mol. The third-order valence-electron chi connectivity index (χ3n) is 3.38. The molecule has 2 heterocycles. The number of nitrogens with one attached hydrogen (secondary N) is 1. The lowest BCUT2D eigenvalue weighted by Gasteiger charge is -2.30. The molecule has 2 aliphatic rings. The normalized spacial score (nSPS) is 18.9. The van der Waals surface area contributed by atoms with Crippen molar-refractivity contribution >= 4 is 12.0 Å². The van der Waals surface area contributed by atoms with Crippen molar-refractivity contribution in [3.8, 4) is 0 Å². The van der Waals surface area contributed by atoms with Crippen LogP contribution in [0.25, 0.3) is 0 Å². The maximum absolute atomic E-state index is 12.6. The summed E-state index contributed by atoms with van der Waals surface area (Å²) in [5, 5.41) is 2.69. The Hall–Kier alpha value is -1.72. The van der Waals surface area contributed by atoms with Gasteiger partial charge in [0.15, 0.2) is 5.76 Å². The lowest BCUT2D eigenvalue weighted by molar-refractivity contribution is -0.134. The highest BCUT2D eigenvalue weighted by Crippen LogP contribution is 2.34. The predicted molar refractivity (Wildman–Crippen MR) is 77.3 cm³/mol. The molecule has 0 aromatic carbocycles. The van der Waals surface area contributed by atoms with E-state index in [0.29, 0.717) is 13.1 Å². The fourth-order valence-corrected chi connectivity index (χ4v) is 2.26. The Morgan fingerprint density at radius 3 is 2.48 bits per heavy atom. The van der Waals surface area contributed by atoms with Gasteiger partial charge in [0.1, 0.15) is 17.4 Å². The quantitative estimate of drug-likeness (QED) is 0.865. The van der Waals surface area contributed by atoms with Gasteiger partial charge < -0.3 is 19.7 Å². The topological polar surface area (TPSA) is 71.2 Å². The van der Waals surface area contributed by atoms with Crippen molar-refractivity contribution < 1.29 is 19.1 Å². The van der Waals surface area contributed by atoms with Crippen LogP contribution in [-0.2, 0) is 14.3 Å². The third-order valence-corrected chi connectivity index (χ3v) is 3.38. The van der Waals surface area contributed by atoms with Gasteiger partial charge in [-0.15, -0.1) is 0 Å². The molecule has 2 rings (SSSR count). The molecule has 2 aliphatic heterocycles. The Bertz CT molecular complexity index is 477. The molecule has 0 aliphatic carbocycles. The Balaban J connectivity index is 1.96. The van der Waals surface area contributed by atoms with Gasteiger partial charge in [0, 0.05) is 13.0 Å². The van der Waals surface area contributed by atoms with Gasteiger partial charge in [-0.2, -0.15) is 0 Å². The van der Waals surface area contributed by atoms with Crippen LogP contribution in [0.5, 0.6) is 0 Å². The molecule has 1 atom stereocenters. The molecule has 118 valence electrons. The molecule has 0 aromatic rings. The van der Waals surface area contributed by atoms with Crippen LogP contribution in [-0.4, -0.2) is 41.6 Å². The lowest BCUT2D eigenvalue weighted by Crippen LogP contribution is -2.52. The van der Waals surface area contributed by atoms with Crippen LogP contribution < -0.4 is 5.32 Å². The zero-order chi connectivity index (χ0) is 15.8. The van der Waals surface area contributed by atoms with E-state index in [1.54, 1.807) is 25.7 Å². The van der Waals surface area contributed by atoms with Crippen molar-refractivity contribution in [2.24, 2.45) is 5.92 Å². The van der Waals surface area contributed by atoms with E-state index >= 15 is 0 Å². The van der Waals surface area contributed by atoms with Crippen LogP contribution in [0.15, 0.2) is 11.5 Å². The Kier molecular flexibility index (Phi) is 4.16. The van der Waals surface area contributed by atoms with Gasteiger partial charge in [0.25, 0.3) is 0 Å². The predicted octanol–water partition coefficient (Wildman–Crippen LogP) is 2.01. The highest BCUT2D eigenvalue weighted by molar-refractivity contribution is 5.86. The number of carbonyl (C=O) groups is 2. The Morgan fingerprint density at radius 1 is 1.29 bits per heavy atom. The molecule has 0 spiro atoms. The van der Waals surface area contributed by atoms with Crippen molar-refractivity contribution in [2.45, 2.75) is 52.7 Å². The van der Waals surface area contributed by atoms with E-state index in [2.05, 4.69) is 5.32 Å². The number of ether oxygens (including phenoxy) is 2. The maximum Gasteiger partial charge on any atom is 0.408 e. The first kappa shape index (κ1) is 15.7. The number of nitrogens with zero attached hydrogens (tertiary/aromatic N) is 1. The first-order chi connectivity index (χ1) is 9.67. The summed E-state index contributed by atoms with van der Waals surface area (Å²) < 4.78 is 10.5. The first-order valence-corrected chi connectivity index (χ1v) is 7.35. The largest absolute Gasteiger partial charge is 0.457 e. The maximum atomic E-state index is 12.6. The molecule has 6 heteroatoms. The minimum atomic E-state index is -0.583.